The molecule has 1 aromatic carbocycles. The summed E-state index contributed by atoms with van der Waals surface area (Å²) >= 11 is 0. The van der Waals surface area contributed by atoms with Crippen LogP contribution in [0.25, 0.3) is 0 Å². The Bertz CT molecular complexity index is 1070. The van der Waals surface area contributed by atoms with Gasteiger partial charge in [-0.15, -0.1) is 0 Å². The largest absolute Gasteiger partial charge is 0.479 e. The molecule has 2 aliphatic heterocycles. The van der Waals surface area contributed by atoms with E-state index in [1.165, 1.54) is 5.69 Å². The molecule has 254 valence electrons. The molecule has 0 bridgehead atoms. The molecule has 1 amide bonds. The molecule has 0 aromatic heterocycles. The van der Waals surface area contributed by atoms with Gasteiger partial charge in [0.15, 0.2) is 24.4 Å². The molecule has 1 aromatic rings. The van der Waals surface area contributed by atoms with Crippen LogP contribution in [-0.4, -0.2) is 164 Å². The fraction of sp³-hybridized carbons (Fsp3) is 0.607. The van der Waals surface area contributed by atoms with E-state index < -0.39 is 48.3 Å². The van der Waals surface area contributed by atoms with Gasteiger partial charge in [0.05, 0.1) is 11.4 Å². The lowest BCUT2D eigenvalue weighted by Gasteiger charge is -2.39. The number of carbonyl (C=O) groups is 5. The predicted octanol–water partition coefficient (Wildman–Crippen LogP) is -2.11. The summed E-state index contributed by atoms with van der Waals surface area (Å²) in [5, 5.41) is 65.1. The summed E-state index contributed by atoms with van der Waals surface area (Å²) in [4.78, 5) is 61.1. The number of aliphatic hydroxyl groups excluding tert-OH is 4. The van der Waals surface area contributed by atoms with E-state index in [4.69, 9.17) is 40.9 Å². The minimum atomic E-state index is -2.27. The maximum atomic E-state index is 12.9. The molecule has 2 heterocycles. The van der Waals surface area contributed by atoms with Gasteiger partial charge >= 0.3 is 23.9 Å². The van der Waals surface area contributed by atoms with Gasteiger partial charge in [-0.1, -0.05) is 26.0 Å². The molecule has 1 saturated heterocycles. The number of aliphatic hydroxyl groups is 4. The van der Waals surface area contributed by atoms with E-state index >= 15 is 0 Å². The third kappa shape index (κ3) is 12.9. The number of carboxylic acids is 4. The Morgan fingerprint density at radius 2 is 1.09 bits per heavy atom. The van der Waals surface area contributed by atoms with Crippen molar-refractivity contribution in [1.82, 2.24) is 9.80 Å². The van der Waals surface area contributed by atoms with Crippen molar-refractivity contribution in [3.63, 3.8) is 0 Å². The summed E-state index contributed by atoms with van der Waals surface area (Å²) in [6.45, 7) is 12.5. The second kappa shape index (κ2) is 18.8. The van der Waals surface area contributed by atoms with Crippen LogP contribution in [-0.2, 0) is 24.0 Å². The summed E-state index contributed by atoms with van der Waals surface area (Å²) in [7, 11) is 2.16. The van der Waals surface area contributed by atoms with Crippen molar-refractivity contribution < 1.29 is 64.8 Å². The highest BCUT2D eigenvalue weighted by atomic mass is 16.4. The fourth-order valence-electron chi connectivity index (χ4n) is 4.31. The maximum Gasteiger partial charge on any atom is 0.335 e. The number of hydrogen-bond acceptors (Lipinski definition) is 12. The molecule has 17 heteroatoms. The van der Waals surface area contributed by atoms with Crippen LogP contribution >= 0.6 is 0 Å². The highest BCUT2D eigenvalue weighted by Crippen LogP contribution is 2.33. The average Bonchev–Trinajstić information content (AvgIpc) is 2.99. The molecule has 1 fully saturated rings. The molecular weight excluding hydrogens is 600 g/mol. The Hall–Kier alpha value is -3.87. The van der Waals surface area contributed by atoms with Gasteiger partial charge in [-0.3, -0.25) is 4.79 Å². The zero-order chi connectivity index (χ0) is 34.4. The van der Waals surface area contributed by atoms with Gasteiger partial charge in [-0.25, -0.2) is 19.2 Å². The second-order valence-electron chi connectivity index (χ2n) is 10.9. The topological polar surface area (TPSA) is 260 Å². The first-order valence-corrected chi connectivity index (χ1v) is 14.2. The smallest absolute Gasteiger partial charge is 0.335 e. The van der Waals surface area contributed by atoms with Gasteiger partial charge in [0.2, 0.25) is 5.91 Å². The molecule has 0 unspecified atom stereocenters. The number of carboxylic acid groups (broad SMARTS) is 4. The Balaban J connectivity index is 0.000000419. The quantitative estimate of drug-likeness (QED) is 0.128. The minimum Gasteiger partial charge on any atom is -0.479 e. The fourth-order valence-corrected chi connectivity index (χ4v) is 4.31. The molecular formula is C28H44N4O13. The second-order valence-corrected chi connectivity index (χ2v) is 10.9. The van der Waals surface area contributed by atoms with E-state index in [0.717, 1.165) is 58.0 Å². The summed E-state index contributed by atoms with van der Waals surface area (Å²) in [5.41, 5.74) is 2.29. The van der Waals surface area contributed by atoms with Gasteiger partial charge < -0.3 is 60.5 Å². The van der Waals surface area contributed by atoms with Crippen molar-refractivity contribution in [3.05, 3.63) is 24.3 Å². The van der Waals surface area contributed by atoms with Crippen LogP contribution in [0.4, 0.5) is 11.4 Å². The number of amides is 1. The molecule has 4 atom stereocenters. The van der Waals surface area contributed by atoms with Crippen LogP contribution in [0.2, 0.25) is 0 Å². The third-order valence-electron chi connectivity index (χ3n) is 6.84. The monoisotopic (exact) mass is 644 g/mol. The summed E-state index contributed by atoms with van der Waals surface area (Å²) < 4.78 is 0. The normalized spacial score (nSPS) is 17.8. The number of nitrogens with zero attached hydrogens (tertiary/aromatic N) is 4. The Morgan fingerprint density at radius 1 is 0.667 bits per heavy atom. The van der Waals surface area contributed by atoms with Crippen molar-refractivity contribution >= 4 is 41.2 Å². The Kier molecular flexibility index (Phi) is 16.4. The first kappa shape index (κ1) is 39.2. The van der Waals surface area contributed by atoms with Crippen molar-refractivity contribution in [2.75, 3.05) is 69.2 Å². The minimum absolute atomic E-state index is 0.260. The maximum absolute atomic E-state index is 12.9. The van der Waals surface area contributed by atoms with E-state index in [9.17, 15) is 24.0 Å². The average molecular weight is 645 g/mol. The van der Waals surface area contributed by atoms with Crippen LogP contribution in [0.1, 0.15) is 20.3 Å². The van der Waals surface area contributed by atoms with E-state index in [1.54, 1.807) is 0 Å². The molecule has 45 heavy (non-hydrogen) atoms. The van der Waals surface area contributed by atoms with Crippen molar-refractivity contribution in [2.24, 2.45) is 5.92 Å². The molecule has 0 radical (unpaired) electrons. The number of carbonyl (C=O) groups excluding carboxylic acids is 1. The number of fused-ring (bicyclic) bond motifs is 1. The summed E-state index contributed by atoms with van der Waals surface area (Å²) in [6.07, 6.45) is -8.45. The van der Waals surface area contributed by atoms with E-state index in [0.29, 0.717) is 12.3 Å². The zero-order valence-electron chi connectivity index (χ0n) is 25.5. The molecule has 3 rings (SSSR count). The first-order chi connectivity index (χ1) is 21.0. The summed E-state index contributed by atoms with van der Waals surface area (Å²) in [6, 6.07) is 8.36. The van der Waals surface area contributed by atoms with Crippen LogP contribution in [0.3, 0.4) is 0 Å². The molecule has 0 spiro atoms. The zero-order valence-corrected chi connectivity index (χ0v) is 25.5. The number of likely N-dealkylation sites (N-methyl/N-ethyl adjacent to an activating group) is 1. The van der Waals surface area contributed by atoms with Crippen LogP contribution in [0.5, 0.6) is 0 Å². The summed E-state index contributed by atoms with van der Waals surface area (Å²) in [5.74, 6) is -6.20. The lowest BCUT2D eigenvalue weighted by atomic mass is 10.1. The molecule has 17 nitrogen and oxygen atoms in total. The predicted molar refractivity (Wildman–Crippen MR) is 159 cm³/mol. The number of benzene rings is 1. The first-order valence-electron chi connectivity index (χ1n) is 14.2. The van der Waals surface area contributed by atoms with Crippen LogP contribution in [0.15, 0.2) is 24.3 Å². The number of piperazine rings is 1. The lowest BCUT2D eigenvalue weighted by molar-refractivity contribution is -0.165. The highest BCUT2D eigenvalue weighted by Gasteiger charge is 2.30. The van der Waals surface area contributed by atoms with E-state index in [2.05, 4.69) is 53.8 Å². The number of hydrogen-bond donors (Lipinski definition) is 8. The van der Waals surface area contributed by atoms with Gasteiger partial charge in [0, 0.05) is 58.8 Å². The van der Waals surface area contributed by atoms with Gasteiger partial charge in [-0.05, 0) is 25.1 Å². The number of anilines is 2. The lowest BCUT2D eigenvalue weighted by Crippen LogP contribution is -2.47. The molecule has 2 aliphatic rings. The third-order valence-corrected chi connectivity index (χ3v) is 6.84. The standard InChI is InChI=1S/C20H32N4O.2C4H6O6/c1-17(2)16-23-14-15-24(19-7-5-4-6-18(19)23)20(25)8-9-22-12-10-21(3)11-13-22;2*5-1(3(7)8)2(6)4(9)10/h4-7,17H,8-16H2,1-3H3;2*1-2,5-6H,(H,7,8)(H,9,10)/t;2*1-,2-/m.11/s1. The Morgan fingerprint density at radius 3 is 1.49 bits per heavy atom. The van der Waals surface area contributed by atoms with Crippen molar-refractivity contribution in [3.8, 4) is 0 Å². The van der Waals surface area contributed by atoms with Gasteiger partial charge in [0.1, 0.15) is 0 Å². The van der Waals surface area contributed by atoms with Crippen LogP contribution in [0, 0.1) is 5.92 Å². The molecule has 0 saturated carbocycles. The van der Waals surface area contributed by atoms with Gasteiger partial charge in [0.25, 0.3) is 0 Å². The van der Waals surface area contributed by atoms with E-state index in [-0.39, 0.29) is 5.91 Å². The molecule has 8 N–H and O–H groups in total. The highest BCUT2D eigenvalue weighted by molar-refractivity contribution is 5.98. The number of aliphatic carboxylic acids is 4. The van der Waals surface area contributed by atoms with E-state index in [1.807, 2.05) is 11.0 Å². The Labute approximate surface area is 260 Å². The van der Waals surface area contributed by atoms with Gasteiger partial charge in [-0.2, -0.15) is 0 Å². The van der Waals surface area contributed by atoms with Crippen molar-refractivity contribution in [2.45, 2.75) is 44.7 Å². The van der Waals surface area contributed by atoms with Crippen LogP contribution < -0.4 is 9.80 Å². The molecule has 0 aliphatic carbocycles. The number of rotatable bonds is 11. The number of para-hydroxylation sites is 2. The SMILES string of the molecule is CC(C)CN1CCN(C(=O)CCN2CCN(C)CC2)c2ccccc21.O=C(O)[C@H](O)[C@@H](O)C(=O)O.O=C(O)[C@H](O)[C@@H](O)C(=O)O. The van der Waals surface area contributed by atoms with Crippen molar-refractivity contribution in [1.29, 1.82) is 0 Å².